The van der Waals surface area contributed by atoms with Crippen LogP contribution < -0.4 is 16.8 Å². The zero-order valence-electron chi connectivity index (χ0n) is 13.8. The normalized spacial score (nSPS) is 17.2. The Morgan fingerprint density at radius 1 is 1.54 bits per heavy atom. The van der Waals surface area contributed by atoms with Crippen molar-refractivity contribution in [3.8, 4) is 0 Å². The Hall–Kier alpha value is -2.94. The van der Waals surface area contributed by atoms with E-state index in [0.717, 1.165) is 6.20 Å². The van der Waals surface area contributed by atoms with E-state index in [0.29, 0.717) is 5.69 Å². The lowest BCUT2D eigenvalue weighted by Gasteiger charge is -2.29. The minimum atomic E-state index is -1.22. The number of nitrogens with zero attached hydrogens (tertiary/aromatic N) is 1. The van der Waals surface area contributed by atoms with E-state index >= 15 is 0 Å². The van der Waals surface area contributed by atoms with Gasteiger partial charge in [0, 0.05) is 26.2 Å². The van der Waals surface area contributed by atoms with Crippen LogP contribution in [0.15, 0.2) is 35.8 Å². The Morgan fingerprint density at radius 3 is 2.85 bits per heavy atom. The van der Waals surface area contributed by atoms with Gasteiger partial charge in [0.05, 0.1) is 27.7 Å². The van der Waals surface area contributed by atoms with Gasteiger partial charge in [-0.25, -0.2) is 14.0 Å². The number of benzene rings is 1. The second kappa shape index (κ2) is 7.96. The van der Waals surface area contributed by atoms with Gasteiger partial charge in [-0.15, -0.1) is 0 Å². The number of nitrogens with two attached hydrogens (primary N) is 2. The molecule has 0 fully saturated rings. The molecule has 1 heterocycles. The highest BCUT2D eigenvalue weighted by atomic mass is 35.5. The first-order valence-electron chi connectivity index (χ1n) is 7.53. The zero-order valence-corrected chi connectivity index (χ0v) is 14.6. The molecule has 0 spiro atoms. The summed E-state index contributed by atoms with van der Waals surface area (Å²) in [5.74, 6) is -1.75. The van der Waals surface area contributed by atoms with Crippen LogP contribution in [0.4, 0.5) is 14.9 Å². The molecule has 6 N–H and O–H groups in total. The number of carboxylic acid groups (broad SMARTS) is 1. The molecule has 0 saturated heterocycles. The van der Waals surface area contributed by atoms with Crippen LogP contribution in [0.3, 0.4) is 0 Å². The molecule has 2 rings (SSSR count). The van der Waals surface area contributed by atoms with Crippen molar-refractivity contribution in [3.63, 3.8) is 0 Å². The van der Waals surface area contributed by atoms with Crippen molar-refractivity contribution in [1.29, 1.82) is 0 Å². The highest BCUT2D eigenvalue weighted by Gasteiger charge is 2.30. The third-order valence-electron chi connectivity index (χ3n) is 3.84. The van der Waals surface area contributed by atoms with Gasteiger partial charge in [-0.05, 0) is 18.2 Å². The molecule has 0 aliphatic carbocycles. The lowest BCUT2D eigenvalue weighted by molar-refractivity contribution is -0.132. The molecule has 1 aliphatic heterocycles. The molecule has 0 radical (unpaired) electrons. The van der Waals surface area contributed by atoms with E-state index in [1.807, 2.05) is 0 Å². The molecule has 1 aromatic carbocycles. The smallest absolute Gasteiger partial charge is 0.412 e. The Balaban J connectivity index is 2.15. The molecule has 0 bridgehead atoms. The summed E-state index contributed by atoms with van der Waals surface area (Å²) in [7, 11) is 1.61. The topological polar surface area (TPSA) is 131 Å². The second-order valence-electron chi connectivity index (χ2n) is 5.55. The van der Waals surface area contributed by atoms with Gasteiger partial charge in [0.15, 0.2) is 5.82 Å². The van der Waals surface area contributed by atoms with Gasteiger partial charge in [0.25, 0.3) is 0 Å². The van der Waals surface area contributed by atoms with E-state index in [2.05, 4.69) is 5.32 Å². The van der Waals surface area contributed by atoms with Gasteiger partial charge in [-0.1, -0.05) is 11.6 Å². The average molecular weight is 385 g/mol. The Kier molecular flexibility index (Phi) is 5.93. The van der Waals surface area contributed by atoms with Crippen LogP contribution in [-0.4, -0.2) is 35.7 Å². The fraction of sp³-hybridized carbons (Fsp3) is 0.250. The van der Waals surface area contributed by atoms with Gasteiger partial charge in [-0.2, -0.15) is 0 Å². The maximum absolute atomic E-state index is 14.4. The summed E-state index contributed by atoms with van der Waals surface area (Å²) in [5, 5.41) is 11.3. The number of aliphatic carboxylic acids is 1. The molecule has 1 atom stereocenters. The predicted molar refractivity (Wildman–Crippen MR) is 93.7 cm³/mol. The summed E-state index contributed by atoms with van der Waals surface area (Å²) < 4.78 is 19.5. The number of anilines is 1. The molecule has 10 heteroatoms. The Labute approximate surface area is 153 Å². The number of fused-ring (bicyclic) bond motifs is 1. The van der Waals surface area contributed by atoms with E-state index in [4.69, 9.17) is 32.9 Å². The standard InChI is InChI=1S/C16H18ClFN4O4/c1-22(12(20)6-8(7-19)15(23)24)5-4-11-13-10(21-16(25)26-11)3-2-9(17)14(13)18/h2-3,6-7,11H,4-5,19-20H2,1H3,(H,21,25)(H,23,24)/b8-7+,12-6+. The van der Waals surface area contributed by atoms with Gasteiger partial charge >= 0.3 is 12.1 Å². The van der Waals surface area contributed by atoms with Crippen molar-refractivity contribution in [3.05, 3.63) is 52.2 Å². The quantitative estimate of drug-likeness (QED) is 0.436. The van der Waals surface area contributed by atoms with Crippen LogP contribution in [0, 0.1) is 5.82 Å². The summed E-state index contributed by atoms with van der Waals surface area (Å²) in [6, 6.07) is 2.84. The molecular weight excluding hydrogens is 367 g/mol. The van der Waals surface area contributed by atoms with Crippen LogP contribution in [0.5, 0.6) is 0 Å². The molecule has 1 unspecified atom stereocenters. The third-order valence-corrected chi connectivity index (χ3v) is 4.13. The Bertz CT molecular complexity index is 797. The van der Waals surface area contributed by atoms with Crippen LogP contribution in [-0.2, 0) is 9.53 Å². The second-order valence-corrected chi connectivity index (χ2v) is 5.96. The molecule has 0 aromatic heterocycles. The number of hydrogen-bond donors (Lipinski definition) is 4. The molecule has 26 heavy (non-hydrogen) atoms. The number of carboxylic acids is 1. The van der Waals surface area contributed by atoms with Gasteiger partial charge in [-0.3, -0.25) is 5.32 Å². The van der Waals surface area contributed by atoms with Crippen molar-refractivity contribution >= 4 is 29.4 Å². The zero-order chi connectivity index (χ0) is 19.4. The fourth-order valence-corrected chi connectivity index (χ4v) is 2.58. The van der Waals surface area contributed by atoms with Crippen molar-refractivity contribution in [2.75, 3.05) is 18.9 Å². The lowest BCUT2D eigenvalue weighted by atomic mass is 10.0. The Morgan fingerprint density at radius 2 is 2.23 bits per heavy atom. The molecular formula is C16H18ClFN4O4. The van der Waals surface area contributed by atoms with E-state index in [-0.39, 0.29) is 34.9 Å². The summed E-state index contributed by atoms with van der Waals surface area (Å²) in [6.07, 6.45) is 0.761. The van der Waals surface area contributed by atoms with Crippen LogP contribution in [0.2, 0.25) is 5.02 Å². The number of carbonyl (C=O) groups excluding carboxylic acids is 1. The molecule has 1 aliphatic rings. The first-order valence-corrected chi connectivity index (χ1v) is 7.91. The number of nitrogens with one attached hydrogen (secondary N) is 1. The van der Waals surface area contributed by atoms with E-state index < -0.39 is 24.0 Å². The molecule has 1 amide bonds. The minimum absolute atomic E-state index is 0.0829. The summed E-state index contributed by atoms with van der Waals surface area (Å²) >= 11 is 5.81. The monoisotopic (exact) mass is 384 g/mol. The maximum atomic E-state index is 14.4. The van der Waals surface area contributed by atoms with Crippen LogP contribution >= 0.6 is 11.6 Å². The largest absolute Gasteiger partial charge is 0.478 e. The summed E-state index contributed by atoms with van der Waals surface area (Å²) in [5.41, 5.74) is 11.3. The lowest BCUT2D eigenvalue weighted by Crippen LogP contribution is -2.30. The number of halogens is 2. The third kappa shape index (κ3) is 4.17. The fourth-order valence-electron chi connectivity index (χ4n) is 2.41. The van der Waals surface area contributed by atoms with E-state index in [1.165, 1.54) is 23.1 Å². The van der Waals surface area contributed by atoms with Crippen molar-refractivity contribution in [2.24, 2.45) is 11.5 Å². The van der Waals surface area contributed by atoms with E-state index in [1.54, 1.807) is 7.05 Å². The number of amides is 1. The van der Waals surface area contributed by atoms with Crippen LogP contribution in [0.1, 0.15) is 18.1 Å². The van der Waals surface area contributed by atoms with Gasteiger partial charge in [0.1, 0.15) is 6.10 Å². The molecule has 1 aromatic rings. The highest BCUT2D eigenvalue weighted by Crippen LogP contribution is 2.37. The molecule has 8 nitrogen and oxygen atoms in total. The maximum Gasteiger partial charge on any atom is 0.412 e. The first-order chi connectivity index (χ1) is 12.2. The van der Waals surface area contributed by atoms with Crippen molar-refractivity contribution in [1.82, 2.24) is 4.90 Å². The molecule has 140 valence electrons. The van der Waals surface area contributed by atoms with Crippen molar-refractivity contribution < 1.29 is 23.8 Å². The first kappa shape index (κ1) is 19.4. The summed E-state index contributed by atoms with van der Waals surface area (Å²) in [6.45, 7) is 0.253. The highest BCUT2D eigenvalue weighted by molar-refractivity contribution is 6.31. The number of carbonyl (C=O) groups is 2. The summed E-state index contributed by atoms with van der Waals surface area (Å²) in [4.78, 5) is 24.1. The van der Waals surface area contributed by atoms with E-state index in [9.17, 15) is 14.0 Å². The number of cyclic esters (lactones) is 1. The number of ether oxygens (including phenoxy) is 1. The van der Waals surface area contributed by atoms with Crippen LogP contribution in [0.25, 0.3) is 0 Å². The number of rotatable bonds is 6. The van der Waals surface area contributed by atoms with Crippen molar-refractivity contribution in [2.45, 2.75) is 12.5 Å². The minimum Gasteiger partial charge on any atom is -0.478 e. The number of hydrogen-bond acceptors (Lipinski definition) is 6. The molecule has 0 saturated carbocycles. The van der Waals surface area contributed by atoms with Gasteiger partial charge in [0.2, 0.25) is 0 Å². The SMILES string of the molecule is CN(CCC1OC(=O)Nc2ccc(Cl)c(F)c21)/C(N)=C/C(=C\N)C(=O)O. The average Bonchev–Trinajstić information content (AvgIpc) is 2.59. The predicted octanol–water partition coefficient (Wildman–Crippen LogP) is 2.13. The van der Waals surface area contributed by atoms with Gasteiger partial charge < -0.3 is 26.2 Å².